The molecule has 0 aliphatic rings. The van der Waals surface area contributed by atoms with Crippen molar-refractivity contribution in [2.45, 2.75) is 31.0 Å². The molecule has 2 rings (SSSR count). The zero-order chi connectivity index (χ0) is 26.0. The lowest BCUT2D eigenvalue weighted by atomic mass is 10.0. The molecule has 3 unspecified atom stereocenters. The average Bonchev–Trinajstić information content (AvgIpc) is 2.83. The van der Waals surface area contributed by atoms with E-state index in [1.54, 1.807) is 24.3 Å². The molecule has 0 saturated carbocycles. The average molecular weight is 505 g/mol. The van der Waals surface area contributed by atoms with Gasteiger partial charge in [0.1, 0.15) is 30.1 Å². The number of nitrogens with two attached hydrogens (primary N) is 1. The summed E-state index contributed by atoms with van der Waals surface area (Å²) in [5.74, 6) is -3.32. The normalized spacial score (nSPS) is 13.2. The summed E-state index contributed by atoms with van der Waals surface area (Å²) in [5.41, 5.74) is 7.34. The van der Waals surface area contributed by atoms with Gasteiger partial charge in [0.2, 0.25) is 17.7 Å². The van der Waals surface area contributed by atoms with Crippen LogP contribution in [0.1, 0.15) is 11.1 Å². The molecule has 0 aromatic heterocycles. The summed E-state index contributed by atoms with van der Waals surface area (Å²) in [6.45, 7) is -0.626. The van der Waals surface area contributed by atoms with Crippen LogP contribution in [0.25, 0.3) is 0 Å². The van der Waals surface area contributed by atoms with Crippen LogP contribution in [-0.4, -0.2) is 69.4 Å². The Morgan fingerprint density at radius 2 is 1.26 bits per heavy atom. The summed E-state index contributed by atoms with van der Waals surface area (Å²) in [4.78, 5) is 48.7. The number of carbonyl (C=O) groups excluding carboxylic acids is 3. The summed E-state index contributed by atoms with van der Waals surface area (Å²) in [5, 5.41) is 34.9. The lowest BCUT2D eigenvalue weighted by Gasteiger charge is -2.23. The van der Waals surface area contributed by atoms with Gasteiger partial charge >= 0.3 is 5.97 Å². The van der Waals surface area contributed by atoms with Crippen LogP contribution < -0.4 is 21.7 Å². The van der Waals surface area contributed by atoms with Gasteiger partial charge in [-0.15, -0.1) is 0 Å². The highest BCUT2D eigenvalue weighted by Gasteiger charge is 2.28. The van der Waals surface area contributed by atoms with Crippen molar-refractivity contribution in [3.05, 3.63) is 59.7 Å². The molecule has 0 heterocycles. The molecule has 0 radical (unpaired) electrons. The molecular weight excluding hydrogens is 476 g/mol. The zero-order valence-electron chi connectivity index (χ0n) is 18.7. The molecule has 0 aliphatic heterocycles. The standard InChI is InChI=1S/C23H28N4O7S/c24-17(9-13-1-5-15(28)6-2-13)21(32)26-18(10-14-3-7-16(29)8-4-14)23(34)27-19(12-35)22(33)25-11-20(30)31/h1-8,17-19,28-29,35H,9-12,24H2,(H,25,33)(H,26,32)(H,27,34)(H,30,31). The third kappa shape index (κ3) is 9.18. The number of amides is 3. The Hall–Kier alpha value is -3.77. The maximum absolute atomic E-state index is 13.0. The summed E-state index contributed by atoms with van der Waals surface area (Å²) in [6.07, 6.45) is 0.177. The van der Waals surface area contributed by atoms with E-state index < -0.39 is 48.4 Å². The van der Waals surface area contributed by atoms with Crippen LogP contribution in [-0.2, 0) is 32.0 Å². The highest BCUT2D eigenvalue weighted by atomic mass is 32.1. The quantitative estimate of drug-likeness (QED) is 0.174. The number of nitrogens with one attached hydrogen (secondary N) is 3. The van der Waals surface area contributed by atoms with E-state index in [0.717, 1.165) is 0 Å². The fourth-order valence-corrected chi connectivity index (χ4v) is 3.34. The fraction of sp³-hybridized carbons (Fsp3) is 0.304. The Kier molecular flexibility index (Phi) is 10.4. The SMILES string of the molecule is NC(Cc1ccc(O)cc1)C(=O)NC(Cc1ccc(O)cc1)C(=O)NC(CS)C(=O)NCC(=O)O. The number of aliphatic carboxylic acids is 1. The maximum Gasteiger partial charge on any atom is 0.322 e. The molecule has 188 valence electrons. The third-order valence-corrected chi connectivity index (χ3v) is 5.33. The number of phenolic OH excluding ortho intramolecular Hbond substituents is 2. The molecule has 2 aromatic rings. The molecule has 0 spiro atoms. The Balaban J connectivity index is 2.13. The van der Waals surface area contributed by atoms with Crippen molar-refractivity contribution in [1.29, 1.82) is 0 Å². The number of benzene rings is 2. The van der Waals surface area contributed by atoms with Crippen LogP contribution in [0.4, 0.5) is 0 Å². The van der Waals surface area contributed by atoms with Gasteiger partial charge in [0, 0.05) is 12.2 Å². The second kappa shape index (κ2) is 13.2. The fourth-order valence-electron chi connectivity index (χ4n) is 3.09. The Morgan fingerprint density at radius 3 is 1.74 bits per heavy atom. The van der Waals surface area contributed by atoms with E-state index in [1.165, 1.54) is 24.3 Å². The van der Waals surface area contributed by atoms with Crippen molar-refractivity contribution in [3.63, 3.8) is 0 Å². The Labute approximate surface area is 207 Å². The number of carbonyl (C=O) groups is 4. The van der Waals surface area contributed by atoms with Crippen LogP contribution in [0.5, 0.6) is 11.5 Å². The number of thiol groups is 1. The molecular formula is C23H28N4O7S. The number of hydrogen-bond acceptors (Lipinski definition) is 8. The molecule has 0 bridgehead atoms. The lowest BCUT2D eigenvalue weighted by Crippen LogP contribution is -2.57. The molecule has 2 aromatic carbocycles. The topological polar surface area (TPSA) is 191 Å². The largest absolute Gasteiger partial charge is 0.508 e. The van der Waals surface area contributed by atoms with Gasteiger partial charge in [0.05, 0.1) is 6.04 Å². The Bertz CT molecular complexity index is 1030. The molecule has 3 atom stereocenters. The minimum atomic E-state index is -1.25. The lowest BCUT2D eigenvalue weighted by molar-refractivity contribution is -0.138. The molecule has 0 fully saturated rings. The van der Waals surface area contributed by atoms with Crippen LogP contribution in [0.3, 0.4) is 0 Å². The maximum atomic E-state index is 13.0. The predicted molar refractivity (Wildman–Crippen MR) is 130 cm³/mol. The molecule has 0 saturated heterocycles. The second-order valence-corrected chi connectivity index (χ2v) is 8.13. The van der Waals surface area contributed by atoms with E-state index in [4.69, 9.17) is 10.8 Å². The van der Waals surface area contributed by atoms with Gasteiger partial charge in [-0.25, -0.2) is 0 Å². The number of hydrogen-bond donors (Lipinski definition) is 8. The van der Waals surface area contributed by atoms with Gasteiger partial charge in [0.25, 0.3) is 0 Å². The van der Waals surface area contributed by atoms with Crippen molar-refractivity contribution in [3.8, 4) is 11.5 Å². The van der Waals surface area contributed by atoms with E-state index >= 15 is 0 Å². The number of rotatable bonds is 12. The van der Waals surface area contributed by atoms with Crippen LogP contribution in [0, 0.1) is 0 Å². The summed E-state index contributed by atoms with van der Waals surface area (Å²) in [6, 6.07) is 8.91. The van der Waals surface area contributed by atoms with Gasteiger partial charge in [0.15, 0.2) is 0 Å². The van der Waals surface area contributed by atoms with E-state index in [0.29, 0.717) is 11.1 Å². The first-order valence-corrected chi connectivity index (χ1v) is 11.2. The monoisotopic (exact) mass is 504 g/mol. The first-order chi connectivity index (χ1) is 16.6. The minimum Gasteiger partial charge on any atom is -0.508 e. The zero-order valence-corrected chi connectivity index (χ0v) is 19.6. The highest BCUT2D eigenvalue weighted by molar-refractivity contribution is 7.80. The minimum absolute atomic E-state index is 0.0276. The van der Waals surface area contributed by atoms with E-state index in [1.807, 2.05) is 0 Å². The highest BCUT2D eigenvalue weighted by Crippen LogP contribution is 2.13. The molecule has 0 aliphatic carbocycles. The first-order valence-electron chi connectivity index (χ1n) is 10.6. The third-order valence-electron chi connectivity index (χ3n) is 4.97. The number of carboxylic acids is 1. The molecule has 8 N–H and O–H groups in total. The van der Waals surface area contributed by atoms with Gasteiger partial charge in [-0.05, 0) is 41.8 Å². The summed E-state index contributed by atoms with van der Waals surface area (Å²) >= 11 is 4.04. The van der Waals surface area contributed by atoms with Crippen molar-refractivity contribution in [2.75, 3.05) is 12.3 Å². The molecule has 12 heteroatoms. The summed E-state index contributed by atoms with van der Waals surface area (Å²) in [7, 11) is 0. The number of phenols is 2. The molecule has 11 nitrogen and oxygen atoms in total. The summed E-state index contributed by atoms with van der Waals surface area (Å²) < 4.78 is 0. The Morgan fingerprint density at radius 1 is 0.771 bits per heavy atom. The molecule has 3 amide bonds. The van der Waals surface area contributed by atoms with Crippen molar-refractivity contribution in [2.24, 2.45) is 5.73 Å². The second-order valence-electron chi connectivity index (χ2n) is 7.76. The predicted octanol–water partition coefficient (Wildman–Crippen LogP) is -0.689. The van der Waals surface area contributed by atoms with Gasteiger partial charge in [-0.1, -0.05) is 24.3 Å². The van der Waals surface area contributed by atoms with E-state index in [-0.39, 0.29) is 30.1 Å². The van der Waals surface area contributed by atoms with E-state index in [9.17, 15) is 29.4 Å². The van der Waals surface area contributed by atoms with Gasteiger partial charge < -0.3 is 37.0 Å². The van der Waals surface area contributed by atoms with Crippen LogP contribution in [0.2, 0.25) is 0 Å². The van der Waals surface area contributed by atoms with Crippen molar-refractivity contribution >= 4 is 36.3 Å². The van der Waals surface area contributed by atoms with Gasteiger partial charge in [-0.3, -0.25) is 19.2 Å². The number of carboxylic acid groups (broad SMARTS) is 1. The van der Waals surface area contributed by atoms with E-state index in [2.05, 4.69) is 28.6 Å². The first kappa shape index (κ1) is 27.5. The van der Waals surface area contributed by atoms with Gasteiger partial charge in [-0.2, -0.15) is 12.6 Å². The smallest absolute Gasteiger partial charge is 0.322 e. The van der Waals surface area contributed by atoms with Crippen molar-refractivity contribution < 1.29 is 34.5 Å². The van der Waals surface area contributed by atoms with Crippen LogP contribution >= 0.6 is 12.6 Å². The number of aromatic hydroxyl groups is 2. The van der Waals surface area contributed by atoms with Crippen LogP contribution in [0.15, 0.2) is 48.5 Å². The molecule has 35 heavy (non-hydrogen) atoms. The van der Waals surface area contributed by atoms with Crippen molar-refractivity contribution in [1.82, 2.24) is 16.0 Å².